The van der Waals surface area contributed by atoms with E-state index in [1.165, 1.54) is 4.90 Å². The molecule has 2 rings (SSSR count). The standard InChI is InChI=1S/C16H28F3N3O2/c1-4-24-12-7-15(20,14(12,2)3)13(23)21-8-11-5-6-22(9-11)10-16(17,18)19/h11-12H,4-10,20H2,1-3H3,(H,21,23). The zero-order valence-electron chi connectivity index (χ0n) is 14.6. The molecule has 24 heavy (non-hydrogen) atoms. The summed E-state index contributed by atoms with van der Waals surface area (Å²) in [6, 6.07) is 0. The molecule has 0 aromatic heterocycles. The summed E-state index contributed by atoms with van der Waals surface area (Å²) in [4.78, 5) is 13.9. The van der Waals surface area contributed by atoms with Crippen LogP contribution in [0.25, 0.3) is 0 Å². The van der Waals surface area contributed by atoms with Gasteiger partial charge in [-0.25, -0.2) is 0 Å². The van der Waals surface area contributed by atoms with Gasteiger partial charge in [0.2, 0.25) is 5.91 Å². The van der Waals surface area contributed by atoms with E-state index in [2.05, 4.69) is 5.32 Å². The minimum atomic E-state index is -4.18. The predicted molar refractivity (Wildman–Crippen MR) is 84.3 cm³/mol. The van der Waals surface area contributed by atoms with Crippen LogP contribution < -0.4 is 11.1 Å². The molecule has 0 aromatic rings. The van der Waals surface area contributed by atoms with Crippen LogP contribution in [0.15, 0.2) is 0 Å². The highest BCUT2D eigenvalue weighted by Gasteiger charge is 2.62. The molecule has 8 heteroatoms. The Balaban J connectivity index is 1.80. The van der Waals surface area contributed by atoms with Gasteiger partial charge in [-0.15, -0.1) is 0 Å². The summed E-state index contributed by atoms with van der Waals surface area (Å²) in [5.74, 6) is -0.205. The molecule has 0 bridgehead atoms. The van der Waals surface area contributed by atoms with Crippen molar-refractivity contribution < 1.29 is 22.7 Å². The lowest BCUT2D eigenvalue weighted by Gasteiger charge is -2.57. The Kier molecular flexibility index (Phi) is 5.52. The van der Waals surface area contributed by atoms with Gasteiger partial charge >= 0.3 is 6.18 Å². The van der Waals surface area contributed by atoms with E-state index in [9.17, 15) is 18.0 Å². The summed E-state index contributed by atoms with van der Waals surface area (Å²) in [7, 11) is 0. The molecule has 0 spiro atoms. The SMILES string of the molecule is CCOC1CC(N)(C(=O)NCC2CCN(CC(F)(F)F)C2)C1(C)C. The van der Waals surface area contributed by atoms with Crippen molar-refractivity contribution in [3.8, 4) is 0 Å². The Bertz CT molecular complexity index is 470. The van der Waals surface area contributed by atoms with Crippen LogP contribution in [0, 0.1) is 11.3 Å². The number of likely N-dealkylation sites (tertiary alicyclic amines) is 1. The number of amides is 1. The quantitative estimate of drug-likeness (QED) is 0.761. The largest absolute Gasteiger partial charge is 0.401 e. The Hall–Kier alpha value is -0.860. The number of rotatable bonds is 6. The third-order valence-electron chi connectivity index (χ3n) is 5.56. The molecule has 2 aliphatic rings. The average Bonchev–Trinajstić information content (AvgIpc) is 2.89. The van der Waals surface area contributed by atoms with Crippen LogP contribution in [0.5, 0.6) is 0 Å². The molecule has 3 atom stereocenters. The molecule has 2 fully saturated rings. The molecule has 1 amide bonds. The van der Waals surface area contributed by atoms with Crippen LogP contribution in [0.4, 0.5) is 13.2 Å². The molecule has 3 unspecified atom stereocenters. The highest BCUT2D eigenvalue weighted by atomic mass is 19.4. The van der Waals surface area contributed by atoms with Gasteiger partial charge in [0, 0.05) is 31.5 Å². The fourth-order valence-corrected chi connectivity index (χ4v) is 3.69. The van der Waals surface area contributed by atoms with Crippen molar-refractivity contribution in [3.63, 3.8) is 0 Å². The first kappa shape index (κ1) is 19.5. The summed E-state index contributed by atoms with van der Waals surface area (Å²) < 4.78 is 42.8. The van der Waals surface area contributed by atoms with Crippen molar-refractivity contribution in [2.45, 2.75) is 51.4 Å². The van der Waals surface area contributed by atoms with Gasteiger partial charge in [0.15, 0.2) is 0 Å². The molecule has 1 saturated heterocycles. The summed E-state index contributed by atoms with van der Waals surface area (Å²) >= 11 is 0. The summed E-state index contributed by atoms with van der Waals surface area (Å²) in [6.07, 6.45) is -3.11. The maximum absolute atomic E-state index is 12.5. The number of halogens is 3. The maximum Gasteiger partial charge on any atom is 0.401 e. The highest BCUT2D eigenvalue weighted by Crippen LogP contribution is 2.49. The Labute approximate surface area is 141 Å². The molecule has 1 aliphatic carbocycles. The van der Waals surface area contributed by atoms with Crippen LogP contribution >= 0.6 is 0 Å². The van der Waals surface area contributed by atoms with Crippen molar-refractivity contribution in [2.24, 2.45) is 17.1 Å². The molecule has 140 valence electrons. The molecule has 1 heterocycles. The number of hydrogen-bond donors (Lipinski definition) is 2. The highest BCUT2D eigenvalue weighted by molar-refractivity contribution is 5.88. The van der Waals surface area contributed by atoms with Crippen molar-refractivity contribution in [1.29, 1.82) is 0 Å². The smallest absolute Gasteiger partial charge is 0.378 e. The van der Waals surface area contributed by atoms with Crippen molar-refractivity contribution in [1.82, 2.24) is 10.2 Å². The molecule has 1 aliphatic heterocycles. The minimum absolute atomic E-state index is 0.0331. The van der Waals surface area contributed by atoms with Crippen molar-refractivity contribution in [3.05, 3.63) is 0 Å². The first-order chi connectivity index (χ1) is 11.0. The molecular formula is C16H28F3N3O2. The van der Waals surface area contributed by atoms with E-state index < -0.39 is 23.7 Å². The summed E-state index contributed by atoms with van der Waals surface area (Å²) in [5, 5.41) is 2.84. The topological polar surface area (TPSA) is 67.6 Å². The van der Waals surface area contributed by atoms with Gasteiger partial charge in [0.05, 0.1) is 12.6 Å². The Morgan fingerprint density at radius 1 is 1.42 bits per heavy atom. The third kappa shape index (κ3) is 3.86. The zero-order valence-corrected chi connectivity index (χ0v) is 14.6. The number of carbonyl (C=O) groups excluding carboxylic acids is 1. The van der Waals surface area contributed by atoms with Gasteiger partial charge < -0.3 is 15.8 Å². The van der Waals surface area contributed by atoms with E-state index in [4.69, 9.17) is 10.5 Å². The van der Waals surface area contributed by atoms with E-state index >= 15 is 0 Å². The molecule has 5 nitrogen and oxygen atoms in total. The van der Waals surface area contributed by atoms with Crippen molar-refractivity contribution in [2.75, 3.05) is 32.8 Å². The first-order valence-electron chi connectivity index (χ1n) is 8.47. The molecule has 0 aromatic carbocycles. The van der Waals surface area contributed by atoms with Gasteiger partial charge in [-0.05, 0) is 25.8 Å². The Morgan fingerprint density at radius 3 is 2.62 bits per heavy atom. The number of nitrogens with two attached hydrogens (primary N) is 1. The second-order valence-corrected chi connectivity index (χ2v) is 7.56. The molecule has 1 saturated carbocycles. The lowest BCUT2D eigenvalue weighted by atomic mass is 9.54. The summed E-state index contributed by atoms with van der Waals surface area (Å²) in [6.45, 7) is 6.54. The number of nitrogens with one attached hydrogen (secondary N) is 1. The Morgan fingerprint density at radius 2 is 2.08 bits per heavy atom. The lowest BCUT2D eigenvalue weighted by molar-refractivity contribution is -0.170. The first-order valence-corrected chi connectivity index (χ1v) is 8.47. The van der Waals surface area contributed by atoms with Crippen molar-refractivity contribution >= 4 is 5.91 Å². The van der Waals surface area contributed by atoms with E-state index in [0.29, 0.717) is 39.1 Å². The monoisotopic (exact) mass is 351 g/mol. The number of carbonyl (C=O) groups is 1. The van der Waals surface area contributed by atoms with Gasteiger partial charge in [-0.2, -0.15) is 13.2 Å². The maximum atomic E-state index is 12.5. The zero-order chi connectivity index (χ0) is 18.2. The van der Waals surface area contributed by atoms with Crippen LogP contribution in [0.1, 0.15) is 33.6 Å². The van der Waals surface area contributed by atoms with E-state index in [-0.39, 0.29) is 17.9 Å². The van der Waals surface area contributed by atoms with Crippen LogP contribution in [0.3, 0.4) is 0 Å². The molecule has 0 radical (unpaired) electrons. The van der Waals surface area contributed by atoms with Gasteiger partial charge in [-0.1, -0.05) is 13.8 Å². The second-order valence-electron chi connectivity index (χ2n) is 7.56. The lowest BCUT2D eigenvalue weighted by Crippen LogP contribution is -2.75. The second kappa shape index (κ2) is 6.80. The van der Waals surface area contributed by atoms with Crippen LogP contribution in [0.2, 0.25) is 0 Å². The molecule has 3 N–H and O–H groups in total. The minimum Gasteiger partial charge on any atom is -0.378 e. The van der Waals surface area contributed by atoms with Gasteiger partial charge in [0.1, 0.15) is 5.54 Å². The van der Waals surface area contributed by atoms with Gasteiger partial charge in [0.25, 0.3) is 0 Å². The number of alkyl halides is 3. The molecular weight excluding hydrogens is 323 g/mol. The number of ether oxygens (including phenoxy) is 1. The normalized spacial score (nSPS) is 33.3. The van der Waals surface area contributed by atoms with Crippen LogP contribution in [-0.4, -0.2) is 61.4 Å². The van der Waals surface area contributed by atoms with E-state index in [1.54, 1.807) is 0 Å². The average molecular weight is 351 g/mol. The van der Waals surface area contributed by atoms with E-state index in [1.807, 2.05) is 20.8 Å². The third-order valence-corrected chi connectivity index (χ3v) is 5.56. The predicted octanol–water partition coefficient (Wildman–Crippen LogP) is 1.52. The number of hydrogen-bond acceptors (Lipinski definition) is 4. The van der Waals surface area contributed by atoms with Crippen LogP contribution in [-0.2, 0) is 9.53 Å². The fourth-order valence-electron chi connectivity index (χ4n) is 3.69. The number of nitrogens with zero attached hydrogens (tertiary/aromatic N) is 1. The van der Waals surface area contributed by atoms with Gasteiger partial charge in [-0.3, -0.25) is 9.69 Å². The fraction of sp³-hybridized carbons (Fsp3) is 0.938. The summed E-state index contributed by atoms with van der Waals surface area (Å²) in [5.41, 5.74) is 4.83. The van der Waals surface area contributed by atoms with E-state index in [0.717, 1.165) is 0 Å².